The second-order valence-corrected chi connectivity index (χ2v) is 8.91. The predicted molar refractivity (Wildman–Crippen MR) is 144 cm³/mol. The van der Waals surface area contributed by atoms with Crippen LogP contribution in [0.5, 0.6) is 17.2 Å². The minimum absolute atomic E-state index is 0.159. The highest BCUT2D eigenvalue weighted by atomic mass is 16.6. The first-order valence-corrected chi connectivity index (χ1v) is 12.3. The zero-order valence-corrected chi connectivity index (χ0v) is 21.2. The first kappa shape index (κ1) is 24.4. The molecule has 1 heterocycles. The number of allylic oxidation sites excluding steroid dienone is 1. The van der Waals surface area contributed by atoms with Gasteiger partial charge in [0.05, 0.1) is 31.0 Å². The van der Waals surface area contributed by atoms with Crippen LogP contribution in [-0.2, 0) is 11.2 Å². The Bertz CT molecular complexity index is 1470. The highest BCUT2D eigenvalue weighted by molar-refractivity contribution is 6.07. The molecule has 0 aliphatic heterocycles. The number of esters is 1. The van der Waals surface area contributed by atoms with Crippen molar-refractivity contribution in [2.24, 2.45) is 0 Å². The maximum absolute atomic E-state index is 13.3. The van der Waals surface area contributed by atoms with Crippen molar-refractivity contribution in [2.75, 3.05) is 27.4 Å². The lowest BCUT2D eigenvalue weighted by molar-refractivity contribution is 0.0451. The molecule has 0 unspecified atom stereocenters. The van der Waals surface area contributed by atoms with Gasteiger partial charge in [0.2, 0.25) is 0 Å². The van der Waals surface area contributed by atoms with Gasteiger partial charge in [-0.2, -0.15) is 0 Å². The first-order valence-electron chi connectivity index (χ1n) is 12.3. The molecule has 0 spiro atoms. The quantitative estimate of drug-likeness (QED) is 0.212. The maximum atomic E-state index is 13.3. The Labute approximate surface area is 216 Å². The molecule has 188 valence electrons. The highest BCUT2D eigenvalue weighted by Crippen LogP contribution is 2.38. The van der Waals surface area contributed by atoms with E-state index in [-0.39, 0.29) is 19.2 Å². The SMILES string of the molecule is COc1ccc(C=C2CCc3c2nc2ccccc2c3C(=O)OCCOc2ccc(C)cc2)cc1OC. The summed E-state index contributed by atoms with van der Waals surface area (Å²) in [7, 11) is 3.24. The van der Waals surface area contributed by atoms with Crippen LogP contribution in [0.4, 0.5) is 0 Å². The fourth-order valence-electron chi connectivity index (χ4n) is 4.66. The van der Waals surface area contributed by atoms with Gasteiger partial charge >= 0.3 is 5.97 Å². The summed E-state index contributed by atoms with van der Waals surface area (Å²) in [6, 6.07) is 21.3. The molecule has 6 nitrogen and oxygen atoms in total. The van der Waals surface area contributed by atoms with Crippen LogP contribution < -0.4 is 14.2 Å². The Morgan fingerprint density at radius 2 is 1.70 bits per heavy atom. The fourth-order valence-corrected chi connectivity index (χ4v) is 4.66. The number of aromatic nitrogens is 1. The van der Waals surface area contributed by atoms with Crippen molar-refractivity contribution in [3.8, 4) is 17.2 Å². The minimum atomic E-state index is -0.352. The zero-order valence-electron chi connectivity index (χ0n) is 21.2. The lowest BCUT2D eigenvalue weighted by Gasteiger charge is -2.13. The van der Waals surface area contributed by atoms with E-state index < -0.39 is 0 Å². The fraction of sp³-hybridized carbons (Fsp3) is 0.226. The number of pyridine rings is 1. The van der Waals surface area contributed by atoms with E-state index in [1.165, 1.54) is 0 Å². The van der Waals surface area contributed by atoms with Gasteiger partial charge in [-0.25, -0.2) is 9.78 Å². The van der Waals surface area contributed by atoms with E-state index in [1.54, 1.807) is 14.2 Å². The van der Waals surface area contributed by atoms with Crippen LogP contribution in [0, 0.1) is 6.92 Å². The van der Waals surface area contributed by atoms with E-state index >= 15 is 0 Å². The molecule has 0 saturated heterocycles. The number of hydrogen-bond acceptors (Lipinski definition) is 6. The molecule has 0 saturated carbocycles. The van der Waals surface area contributed by atoms with Gasteiger partial charge in [-0.15, -0.1) is 0 Å². The summed E-state index contributed by atoms with van der Waals surface area (Å²) in [5.41, 5.74) is 6.34. The Morgan fingerprint density at radius 3 is 2.49 bits per heavy atom. The van der Waals surface area contributed by atoms with Gasteiger partial charge in [-0.3, -0.25) is 0 Å². The summed E-state index contributed by atoms with van der Waals surface area (Å²) < 4.78 is 22.2. The van der Waals surface area contributed by atoms with E-state index in [2.05, 4.69) is 6.08 Å². The highest BCUT2D eigenvalue weighted by Gasteiger charge is 2.27. The van der Waals surface area contributed by atoms with Crippen molar-refractivity contribution in [2.45, 2.75) is 19.8 Å². The van der Waals surface area contributed by atoms with Crippen LogP contribution in [0.3, 0.4) is 0 Å². The van der Waals surface area contributed by atoms with Crippen molar-refractivity contribution in [3.05, 3.63) is 94.7 Å². The molecule has 37 heavy (non-hydrogen) atoms. The summed E-state index contributed by atoms with van der Waals surface area (Å²) >= 11 is 0. The van der Waals surface area contributed by atoms with Gasteiger partial charge in [-0.1, -0.05) is 42.0 Å². The third kappa shape index (κ3) is 5.14. The lowest BCUT2D eigenvalue weighted by atomic mass is 10.0. The van der Waals surface area contributed by atoms with Crippen molar-refractivity contribution >= 4 is 28.5 Å². The monoisotopic (exact) mass is 495 g/mol. The number of carbonyl (C=O) groups excluding carboxylic acids is 1. The molecular formula is C31H29NO5. The smallest absolute Gasteiger partial charge is 0.339 e. The summed E-state index contributed by atoms with van der Waals surface area (Å²) in [6.07, 6.45) is 3.60. The third-order valence-corrected chi connectivity index (χ3v) is 6.50. The topological polar surface area (TPSA) is 66.9 Å². The molecule has 0 N–H and O–H groups in total. The molecule has 1 aromatic heterocycles. The molecule has 0 amide bonds. The number of para-hydroxylation sites is 1. The van der Waals surface area contributed by atoms with Gasteiger partial charge in [0.1, 0.15) is 19.0 Å². The van der Waals surface area contributed by atoms with Gasteiger partial charge in [-0.05, 0) is 72.9 Å². The van der Waals surface area contributed by atoms with Crippen LogP contribution in [-0.4, -0.2) is 38.4 Å². The lowest BCUT2D eigenvalue weighted by Crippen LogP contribution is -2.15. The van der Waals surface area contributed by atoms with Crippen molar-refractivity contribution in [1.29, 1.82) is 0 Å². The van der Waals surface area contributed by atoms with Crippen LogP contribution in [0.25, 0.3) is 22.6 Å². The Balaban J connectivity index is 1.41. The van der Waals surface area contributed by atoms with E-state index in [9.17, 15) is 4.79 Å². The van der Waals surface area contributed by atoms with E-state index in [0.717, 1.165) is 57.5 Å². The summed E-state index contributed by atoms with van der Waals surface area (Å²) in [5.74, 6) is 1.74. The van der Waals surface area contributed by atoms with Gasteiger partial charge < -0.3 is 18.9 Å². The van der Waals surface area contributed by atoms with Gasteiger partial charge in [0.25, 0.3) is 0 Å². The summed E-state index contributed by atoms with van der Waals surface area (Å²) in [4.78, 5) is 18.3. The molecule has 0 radical (unpaired) electrons. The number of benzene rings is 3. The number of hydrogen-bond donors (Lipinski definition) is 0. The van der Waals surface area contributed by atoms with Crippen LogP contribution in [0.1, 0.15) is 39.2 Å². The number of methoxy groups -OCH3 is 2. The number of nitrogens with zero attached hydrogens (tertiary/aromatic N) is 1. The van der Waals surface area contributed by atoms with E-state index in [4.69, 9.17) is 23.9 Å². The first-order chi connectivity index (χ1) is 18.1. The average molecular weight is 496 g/mol. The number of fused-ring (bicyclic) bond motifs is 2. The van der Waals surface area contributed by atoms with Gasteiger partial charge in [0.15, 0.2) is 11.5 Å². The molecule has 1 aliphatic carbocycles. The largest absolute Gasteiger partial charge is 0.493 e. The molecule has 6 heteroatoms. The Morgan fingerprint density at radius 1 is 0.919 bits per heavy atom. The number of ether oxygens (including phenoxy) is 4. The molecule has 1 aliphatic rings. The second-order valence-electron chi connectivity index (χ2n) is 8.91. The van der Waals surface area contributed by atoms with Gasteiger partial charge in [0, 0.05) is 5.39 Å². The minimum Gasteiger partial charge on any atom is -0.493 e. The number of carbonyl (C=O) groups is 1. The number of aryl methyl sites for hydroxylation is 1. The van der Waals surface area contributed by atoms with Crippen molar-refractivity contribution in [3.63, 3.8) is 0 Å². The Kier molecular flexibility index (Phi) is 7.08. The zero-order chi connectivity index (χ0) is 25.8. The maximum Gasteiger partial charge on any atom is 0.339 e. The van der Waals surface area contributed by atoms with Crippen LogP contribution in [0.2, 0.25) is 0 Å². The molecule has 0 atom stereocenters. The van der Waals surface area contributed by atoms with E-state index in [0.29, 0.717) is 17.1 Å². The second kappa shape index (κ2) is 10.7. The summed E-state index contributed by atoms with van der Waals surface area (Å²) in [5, 5.41) is 0.804. The average Bonchev–Trinajstić information content (AvgIpc) is 3.32. The number of rotatable bonds is 8. The van der Waals surface area contributed by atoms with Crippen LogP contribution in [0.15, 0.2) is 66.7 Å². The molecule has 5 rings (SSSR count). The molecule has 0 bridgehead atoms. The molecule has 3 aromatic carbocycles. The Hall–Kier alpha value is -4.32. The third-order valence-electron chi connectivity index (χ3n) is 6.50. The molecule has 0 fully saturated rings. The normalized spacial score (nSPS) is 13.4. The predicted octanol–water partition coefficient (Wildman–Crippen LogP) is 6.28. The van der Waals surface area contributed by atoms with E-state index in [1.807, 2.05) is 73.7 Å². The standard InChI is InChI=1S/C31H29NO5/c1-20-8-12-23(13-9-20)36-16-17-37-31(33)29-24-6-4-5-7-26(24)32-30-22(11-14-25(29)30)18-21-10-15-27(34-2)28(19-21)35-3/h4-10,12-13,15,18-19H,11,14,16-17H2,1-3H3. The summed E-state index contributed by atoms with van der Waals surface area (Å²) in [6.45, 7) is 2.47. The molecule has 4 aromatic rings. The van der Waals surface area contributed by atoms with Crippen LogP contribution >= 0.6 is 0 Å². The van der Waals surface area contributed by atoms with Crippen molar-refractivity contribution < 1.29 is 23.7 Å². The molecular weight excluding hydrogens is 466 g/mol. The van der Waals surface area contributed by atoms with Crippen molar-refractivity contribution in [1.82, 2.24) is 4.98 Å².